The number of carbonyl (C=O) groups is 2. The lowest BCUT2D eigenvalue weighted by Gasteiger charge is -2.22. The molecule has 0 aromatic heterocycles. The van der Waals surface area contributed by atoms with Gasteiger partial charge in [0.25, 0.3) is 5.91 Å². The summed E-state index contributed by atoms with van der Waals surface area (Å²) in [6, 6.07) is 6.72. The molecular weight excluding hydrogens is 425 g/mol. The molecule has 27 heavy (non-hydrogen) atoms. The number of rotatable bonds is 7. The second-order valence-corrected chi connectivity index (χ2v) is 6.56. The first-order valence-electron chi connectivity index (χ1n) is 7.87. The van der Waals surface area contributed by atoms with Crippen LogP contribution in [0.1, 0.15) is 15.9 Å². The van der Waals surface area contributed by atoms with Crippen LogP contribution in [0.15, 0.2) is 53.5 Å². The first-order valence-corrected chi connectivity index (χ1v) is 8.66. The summed E-state index contributed by atoms with van der Waals surface area (Å²) < 4.78 is 40.9. The number of halogens is 4. The zero-order chi connectivity index (χ0) is 20.0. The number of carbonyl (C=O) groups excluding carboxylic acids is 2. The summed E-state index contributed by atoms with van der Waals surface area (Å²) in [5.41, 5.74) is 0.0479. The first-order chi connectivity index (χ1) is 12.8. The third-order valence-corrected chi connectivity index (χ3v) is 4.09. The van der Waals surface area contributed by atoms with Crippen molar-refractivity contribution in [2.75, 3.05) is 13.1 Å². The van der Waals surface area contributed by atoms with Crippen molar-refractivity contribution in [2.24, 2.45) is 0 Å². The summed E-state index contributed by atoms with van der Waals surface area (Å²) in [5.74, 6) is -3.57. The lowest BCUT2D eigenvalue weighted by molar-refractivity contribution is -0.130. The molecule has 0 radical (unpaired) electrons. The Labute approximate surface area is 162 Å². The largest absolute Gasteiger partial charge is 0.343 e. The molecule has 0 fully saturated rings. The maximum Gasteiger partial charge on any atom is 0.251 e. The fourth-order valence-corrected chi connectivity index (χ4v) is 2.74. The van der Waals surface area contributed by atoms with Crippen molar-refractivity contribution in [3.05, 3.63) is 82.1 Å². The maximum absolute atomic E-state index is 13.9. The smallest absolute Gasteiger partial charge is 0.251 e. The Morgan fingerprint density at radius 1 is 1.11 bits per heavy atom. The van der Waals surface area contributed by atoms with Crippen LogP contribution in [0.4, 0.5) is 13.2 Å². The predicted octanol–water partition coefficient (Wildman–Crippen LogP) is 3.81. The number of hydrogen-bond donors (Lipinski definition) is 1. The van der Waals surface area contributed by atoms with E-state index in [-0.39, 0.29) is 24.2 Å². The molecule has 0 aliphatic rings. The third-order valence-electron chi connectivity index (χ3n) is 3.60. The van der Waals surface area contributed by atoms with Crippen LogP contribution in [0, 0.1) is 17.5 Å². The van der Waals surface area contributed by atoms with Crippen LogP contribution >= 0.6 is 15.9 Å². The van der Waals surface area contributed by atoms with Gasteiger partial charge in [-0.3, -0.25) is 9.59 Å². The highest BCUT2D eigenvalue weighted by molar-refractivity contribution is 9.10. The van der Waals surface area contributed by atoms with Crippen LogP contribution in [0.3, 0.4) is 0 Å². The summed E-state index contributed by atoms with van der Waals surface area (Å²) >= 11 is 3.24. The van der Waals surface area contributed by atoms with E-state index in [1.54, 1.807) is 6.07 Å². The second-order valence-electron chi connectivity index (χ2n) is 5.64. The highest BCUT2D eigenvalue weighted by Gasteiger charge is 2.17. The Balaban J connectivity index is 2.05. The van der Waals surface area contributed by atoms with Gasteiger partial charge in [-0.15, -0.1) is 6.58 Å². The molecule has 142 valence electrons. The molecule has 2 rings (SSSR count). The standard InChI is InChI=1S/C19H16BrF3N2O2/c1-2-5-25(11-13-6-14(20)3-4-17(13)23)18(26)10-24-19(27)12-7-15(21)9-16(22)8-12/h2-4,6-9H,1,5,10-11H2,(H,24,27). The minimum Gasteiger partial charge on any atom is -0.343 e. The molecular formula is C19H16BrF3N2O2. The van der Waals surface area contributed by atoms with Crippen molar-refractivity contribution >= 4 is 27.7 Å². The summed E-state index contributed by atoms with van der Waals surface area (Å²) in [6.07, 6.45) is 1.47. The maximum atomic E-state index is 13.9. The Bertz CT molecular complexity index is 854. The molecule has 0 atom stereocenters. The van der Waals surface area contributed by atoms with Crippen LogP contribution in [-0.2, 0) is 11.3 Å². The van der Waals surface area contributed by atoms with E-state index < -0.39 is 35.8 Å². The molecule has 1 N–H and O–H groups in total. The van der Waals surface area contributed by atoms with Gasteiger partial charge in [0.15, 0.2) is 0 Å². The Morgan fingerprint density at radius 2 is 1.78 bits per heavy atom. The van der Waals surface area contributed by atoms with Gasteiger partial charge < -0.3 is 10.2 Å². The van der Waals surface area contributed by atoms with E-state index in [2.05, 4.69) is 27.8 Å². The van der Waals surface area contributed by atoms with E-state index in [0.29, 0.717) is 10.5 Å². The fraction of sp³-hybridized carbons (Fsp3) is 0.158. The fourth-order valence-electron chi connectivity index (χ4n) is 2.34. The van der Waals surface area contributed by atoms with Crippen molar-refractivity contribution in [1.29, 1.82) is 0 Å². The van der Waals surface area contributed by atoms with Crippen molar-refractivity contribution in [3.63, 3.8) is 0 Å². The van der Waals surface area contributed by atoms with Gasteiger partial charge in [-0.25, -0.2) is 13.2 Å². The molecule has 0 spiro atoms. The molecule has 2 aromatic rings. The van der Waals surface area contributed by atoms with E-state index in [0.717, 1.165) is 12.1 Å². The molecule has 0 bridgehead atoms. The molecule has 0 saturated carbocycles. The van der Waals surface area contributed by atoms with Gasteiger partial charge in [0.1, 0.15) is 17.5 Å². The molecule has 0 aliphatic heterocycles. The van der Waals surface area contributed by atoms with Gasteiger partial charge in [0, 0.05) is 34.8 Å². The van der Waals surface area contributed by atoms with E-state index >= 15 is 0 Å². The molecule has 2 amide bonds. The molecule has 0 saturated heterocycles. The Morgan fingerprint density at radius 3 is 2.41 bits per heavy atom. The topological polar surface area (TPSA) is 49.4 Å². The van der Waals surface area contributed by atoms with Crippen molar-refractivity contribution in [1.82, 2.24) is 10.2 Å². The number of benzene rings is 2. The van der Waals surface area contributed by atoms with Gasteiger partial charge in [0.2, 0.25) is 5.91 Å². The average Bonchev–Trinajstić information content (AvgIpc) is 2.61. The van der Waals surface area contributed by atoms with Crippen LogP contribution < -0.4 is 5.32 Å². The van der Waals surface area contributed by atoms with Crippen molar-refractivity contribution in [3.8, 4) is 0 Å². The zero-order valence-electron chi connectivity index (χ0n) is 14.1. The lowest BCUT2D eigenvalue weighted by Crippen LogP contribution is -2.40. The molecule has 0 heterocycles. The third kappa shape index (κ3) is 5.96. The van der Waals surface area contributed by atoms with Crippen molar-refractivity contribution < 1.29 is 22.8 Å². The Hall–Kier alpha value is -2.61. The summed E-state index contributed by atoms with van der Waals surface area (Å²) in [4.78, 5) is 25.7. The van der Waals surface area contributed by atoms with Gasteiger partial charge in [-0.1, -0.05) is 22.0 Å². The van der Waals surface area contributed by atoms with E-state index in [1.807, 2.05) is 0 Å². The summed E-state index contributed by atoms with van der Waals surface area (Å²) in [6.45, 7) is 3.25. The Kier molecular flexibility index (Phi) is 7.18. The van der Waals surface area contributed by atoms with Gasteiger partial charge in [0.05, 0.1) is 6.54 Å². The van der Waals surface area contributed by atoms with Crippen LogP contribution in [-0.4, -0.2) is 29.8 Å². The number of nitrogens with zero attached hydrogens (tertiary/aromatic N) is 1. The molecule has 4 nitrogen and oxygen atoms in total. The number of amides is 2. The van der Waals surface area contributed by atoms with E-state index in [1.165, 1.54) is 23.1 Å². The SMILES string of the molecule is C=CCN(Cc1cc(Br)ccc1F)C(=O)CNC(=O)c1cc(F)cc(F)c1. The average molecular weight is 441 g/mol. The lowest BCUT2D eigenvalue weighted by atomic mass is 10.2. The van der Waals surface area contributed by atoms with Crippen LogP contribution in [0.2, 0.25) is 0 Å². The highest BCUT2D eigenvalue weighted by Crippen LogP contribution is 2.17. The monoisotopic (exact) mass is 440 g/mol. The molecule has 8 heteroatoms. The van der Waals surface area contributed by atoms with Crippen molar-refractivity contribution in [2.45, 2.75) is 6.54 Å². The van der Waals surface area contributed by atoms with E-state index in [9.17, 15) is 22.8 Å². The zero-order valence-corrected chi connectivity index (χ0v) is 15.7. The second kappa shape index (κ2) is 9.36. The van der Waals surface area contributed by atoms with Gasteiger partial charge in [-0.05, 0) is 30.3 Å². The van der Waals surface area contributed by atoms with Crippen LogP contribution in [0.5, 0.6) is 0 Å². The quantitative estimate of drug-likeness (QED) is 0.665. The highest BCUT2D eigenvalue weighted by atomic mass is 79.9. The molecule has 0 aliphatic carbocycles. The first kappa shape index (κ1) is 20.7. The van der Waals surface area contributed by atoms with Crippen LogP contribution in [0.25, 0.3) is 0 Å². The minimum atomic E-state index is -0.898. The minimum absolute atomic E-state index is 0.0272. The van der Waals surface area contributed by atoms with Gasteiger partial charge in [-0.2, -0.15) is 0 Å². The molecule has 2 aromatic carbocycles. The normalized spacial score (nSPS) is 10.4. The predicted molar refractivity (Wildman–Crippen MR) is 98.4 cm³/mol. The van der Waals surface area contributed by atoms with Gasteiger partial charge >= 0.3 is 0 Å². The molecule has 0 unspecified atom stereocenters. The number of nitrogens with one attached hydrogen (secondary N) is 1. The van der Waals surface area contributed by atoms with E-state index in [4.69, 9.17) is 0 Å². The number of hydrogen-bond acceptors (Lipinski definition) is 2. The summed E-state index contributed by atoms with van der Waals surface area (Å²) in [7, 11) is 0. The summed E-state index contributed by atoms with van der Waals surface area (Å²) in [5, 5.41) is 2.30.